The Bertz CT molecular complexity index is 740. The van der Waals surface area contributed by atoms with Crippen LogP contribution < -0.4 is 19.1 Å². The molecule has 1 fully saturated rings. The summed E-state index contributed by atoms with van der Waals surface area (Å²) in [6.45, 7) is 4.37. The second kappa shape index (κ2) is 8.42. The number of hydrogen-bond acceptors (Lipinski definition) is 5. The van der Waals surface area contributed by atoms with Crippen molar-refractivity contribution in [2.75, 3.05) is 47.5 Å². The van der Waals surface area contributed by atoms with Crippen LogP contribution in [0.1, 0.15) is 15.9 Å². The number of ether oxygens (including phenoxy) is 3. The van der Waals surface area contributed by atoms with Crippen LogP contribution in [0, 0.1) is 0 Å². The first kappa shape index (κ1) is 18.5. The predicted molar refractivity (Wildman–Crippen MR) is 101 cm³/mol. The van der Waals surface area contributed by atoms with Gasteiger partial charge in [0.2, 0.25) is 5.75 Å². The average molecular weight is 377 g/mol. The van der Waals surface area contributed by atoms with Crippen molar-refractivity contribution in [1.82, 2.24) is 4.90 Å². The van der Waals surface area contributed by atoms with E-state index in [2.05, 4.69) is 16.8 Å². The van der Waals surface area contributed by atoms with Crippen LogP contribution in [0.5, 0.6) is 17.2 Å². The molecule has 3 rings (SSSR count). The van der Waals surface area contributed by atoms with Crippen LogP contribution in [-0.4, -0.2) is 58.3 Å². The molecule has 0 saturated carbocycles. The Morgan fingerprint density at radius 3 is 2.38 bits per heavy atom. The number of amides is 1. The lowest BCUT2D eigenvalue weighted by atomic mass is 10.1. The highest BCUT2D eigenvalue weighted by molar-refractivity contribution is 7.07. The first-order chi connectivity index (χ1) is 12.7. The Morgan fingerprint density at radius 1 is 1.08 bits per heavy atom. The zero-order valence-corrected chi connectivity index (χ0v) is 16.2. The van der Waals surface area contributed by atoms with Crippen molar-refractivity contribution in [3.8, 4) is 17.2 Å². The lowest BCUT2D eigenvalue weighted by Gasteiger charge is -2.32. The third kappa shape index (κ3) is 3.78. The van der Waals surface area contributed by atoms with Gasteiger partial charge in [-0.15, -0.1) is 0 Å². The molecule has 7 heteroatoms. The van der Waals surface area contributed by atoms with Gasteiger partial charge in [-0.25, -0.2) is 0 Å². The Labute approximate surface area is 157 Å². The fourth-order valence-electron chi connectivity index (χ4n) is 3.32. The van der Waals surface area contributed by atoms with Crippen molar-refractivity contribution < 1.29 is 23.9 Å². The zero-order valence-electron chi connectivity index (χ0n) is 15.4. The number of nitrogens with one attached hydrogen (secondary N) is 1. The van der Waals surface area contributed by atoms with Crippen molar-refractivity contribution in [2.24, 2.45) is 0 Å². The van der Waals surface area contributed by atoms with Crippen LogP contribution in [0.4, 0.5) is 0 Å². The van der Waals surface area contributed by atoms with Crippen LogP contribution in [0.2, 0.25) is 0 Å². The number of carbonyl (C=O) groups excluding carboxylic acids is 1. The summed E-state index contributed by atoms with van der Waals surface area (Å²) in [7, 11) is 4.65. The number of quaternary nitrogens is 1. The number of benzene rings is 1. The molecule has 2 aromatic rings. The minimum Gasteiger partial charge on any atom is -0.493 e. The molecule has 1 aliphatic rings. The van der Waals surface area contributed by atoms with E-state index in [1.807, 2.05) is 4.90 Å². The Morgan fingerprint density at radius 2 is 1.81 bits per heavy atom. The normalized spacial score (nSPS) is 15.0. The summed E-state index contributed by atoms with van der Waals surface area (Å²) in [5.41, 5.74) is 1.87. The monoisotopic (exact) mass is 377 g/mol. The van der Waals surface area contributed by atoms with Gasteiger partial charge >= 0.3 is 0 Å². The van der Waals surface area contributed by atoms with Gasteiger partial charge < -0.3 is 24.0 Å². The number of hydrogen-bond donors (Lipinski definition) is 1. The highest BCUT2D eigenvalue weighted by atomic mass is 32.1. The Kier molecular flexibility index (Phi) is 6.00. The molecule has 2 heterocycles. The maximum atomic E-state index is 13.0. The first-order valence-electron chi connectivity index (χ1n) is 8.60. The molecule has 1 N–H and O–H groups in total. The van der Waals surface area contributed by atoms with Crippen LogP contribution in [0.3, 0.4) is 0 Å². The molecule has 0 aliphatic carbocycles. The molecule has 0 spiro atoms. The maximum Gasteiger partial charge on any atom is 0.258 e. The van der Waals surface area contributed by atoms with Gasteiger partial charge in [0.15, 0.2) is 11.5 Å². The fraction of sp³-hybridized carbons (Fsp3) is 0.421. The van der Waals surface area contributed by atoms with Crippen molar-refractivity contribution >= 4 is 17.2 Å². The number of piperazine rings is 1. The Balaban J connectivity index is 1.70. The van der Waals surface area contributed by atoms with Crippen molar-refractivity contribution in [1.29, 1.82) is 0 Å². The summed E-state index contributed by atoms with van der Waals surface area (Å²) < 4.78 is 16.1. The van der Waals surface area contributed by atoms with Crippen molar-refractivity contribution in [2.45, 2.75) is 6.54 Å². The smallest absolute Gasteiger partial charge is 0.258 e. The first-order valence-corrected chi connectivity index (χ1v) is 9.55. The Hall–Kier alpha value is -2.25. The maximum absolute atomic E-state index is 13.0. The number of methoxy groups -OCH3 is 3. The minimum absolute atomic E-state index is 0.0302. The molecule has 6 nitrogen and oxygen atoms in total. The highest BCUT2D eigenvalue weighted by Crippen LogP contribution is 2.40. The SMILES string of the molecule is COc1ccc(C(=O)N2CC[NH+](Cc3ccsc3)CC2)c(OC)c1OC. The third-order valence-corrected chi connectivity index (χ3v) is 5.46. The lowest BCUT2D eigenvalue weighted by Crippen LogP contribution is -3.13. The molecule has 0 radical (unpaired) electrons. The van der Waals surface area contributed by atoms with Gasteiger partial charge in [-0.3, -0.25) is 4.79 Å². The van der Waals surface area contributed by atoms with E-state index < -0.39 is 0 Å². The third-order valence-electron chi connectivity index (χ3n) is 4.73. The molecule has 26 heavy (non-hydrogen) atoms. The van der Waals surface area contributed by atoms with E-state index in [0.29, 0.717) is 22.8 Å². The summed E-state index contributed by atoms with van der Waals surface area (Å²) in [6, 6.07) is 5.66. The second-order valence-electron chi connectivity index (χ2n) is 6.23. The molecular weight excluding hydrogens is 352 g/mol. The van der Waals surface area contributed by atoms with Gasteiger partial charge in [-0.1, -0.05) is 0 Å². The summed E-state index contributed by atoms with van der Waals surface area (Å²) >= 11 is 1.73. The lowest BCUT2D eigenvalue weighted by molar-refractivity contribution is -0.917. The standard InChI is InChI=1S/C19H24N2O4S/c1-23-16-5-4-15(17(24-2)18(16)25-3)19(22)21-9-7-20(8-10-21)12-14-6-11-26-13-14/h4-6,11,13H,7-10,12H2,1-3H3/p+1. The molecule has 140 valence electrons. The van der Waals surface area contributed by atoms with Crippen LogP contribution in [0.15, 0.2) is 29.0 Å². The van der Waals surface area contributed by atoms with E-state index in [1.54, 1.807) is 37.7 Å². The molecule has 0 unspecified atom stereocenters. The summed E-state index contributed by atoms with van der Waals surface area (Å²) in [5.74, 6) is 1.38. The van der Waals surface area contributed by atoms with Crippen LogP contribution >= 0.6 is 11.3 Å². The summed E-state index contributed by atoms with van der Waals surface area (Å²) in [4.78, 5) is 16.4. The van der Waals surface area contributed by atoms with Gasteiger partial charge in [0.1, 0.15) is 6.54 Å². The summed E-state index contributed by atoms with van der Waals surface area (Å²) in [6.07, 6.45) is 0. The second-order valence-corrected chi connectivity index (χ2v) is 7.01. The highest BCUT2D eigenvalue weighted by Gasteiger charge is 2.28. The molecule has 0 bridgehead atoms. The average Bonchev–Trinajstić information content (AvgIpc) is 3.19. The molecule has 1 aromatic heterocycles. The van der Waals surface area contributed by atoms with Crippen LogP contribution in [0.25, 0.3) is 0 Å². The largest absolute Gasteiger partial charge is 0.493 e. The van der Waals surface area contributed by atoms with E-state index in [9.17, 15) is 4.79 Å². The number of thiophene rings is 1. The van der Waals surface area contributed by atoms with Gasteiger partial charge in [0, 0.05) is 5.56 Å². The number of nitrogens with zero attached hydrogens (tertiary/aromatic N) is 1. The summed E-state index contributed by atoms with van der Waals surface area (Å²) in [5, 5.41) is 4.30. The predicted octanol–water partition coefficient (Wildman–Crippen LogP) is 1.31. The van der Waals surface area contributed by atoms with E-state index in [4.69, 9.17) is 14.2 Å². The van der Waals surface area contributed by atoms with E-state index in [1.165, 1.54) is 17.6 Å². The van der Waals surface area contributed by atoms with E-state index in [-0.39, 0.29) is 5.91 Å². The van der Waals surface area contributed by atoms with Crippen molar-refractivity contribution in [3.63, 3.8) is 0 Å². The molecule has 1 aromatic carbocycles. The molecule has 0 atom stereocenters. The number of rotatable bonds is 6. The zero-order chi connectivity index (χ0) is 18.5. The van der Waals surface area contributed by atoms with E-state index in [0.717, 1.165) is 32.7 Å². The van der Waals surface area contributed by atoms with Gasteiger partial charge in [0.25, 0.3) is 5.91 Å². The topological polar surface area (TPSA) is 52.4 Å². The quantitative estimate of drug-likeness (QED) is 0.825. The van der Waals surface area contributed by atoms with Gasteiger partial charge in [0.05, 0.1) is 53.1 Å². The molecule has 1 saturated heterocycles. The molecule has 1 aliphatic heterocycles. The van der Waals surface area contributed by atoms with Gasteiger partial charge in [-0.05, 0) is 29.0 Å². The fourth-order valence-corrected chi connectivity index (χ4v) is 3.99. The molecule has 1 amide bonds. The minimum atomic E-state index is -0.0302. The van der Waals surface area contributed by atoms with Gasteiger partial charge in [-0.2, -0.15) is 11.3 Å². The van der Waals surface area contributed by atoms with Crippen molar-refractivity contribution in [3.05, 3.63) is 40.1 Å². The number of carbonyl (C=O) groups is 1. The molecular formula is C19H25N2O4S+. The van der Waals surface area contributed by atoms with E-state index >= 15 is 0 Å². The van der Waals surface area contributed by atoms with Crippen LogP contribution in [-0.2, 0) is 6.54 Å².